The topological polar surface area (TPSA) is 87.7 Å². The monoisotopic (exact) mass is 395 g/mol. The number of carbonyl (C=O) groups excluding carboxylic acids is 3. The smallest absolute Gasteiger partial charge is 0.340 e. The van der Waals surface area contributed by atoms with Crippen LogP contribution in [0.3, 0.4) is 0 Å². The standard InChI is InChI=1S/C22H25N3O4/c1-4-29-19(26)17-7-5-6-8-18(17)24-21(28)22(13-14-22)20(27)23-15-9-11-16(12-10-15)25(2)3/h5-12H,4,13-14H2,1-3H3,(H,23,27)(H,24,28). The molecule has 3 rings (SSSR count). The largest absolute Gasteiger partial charge is 0.462 e. The maximum Gasteiger partial charge on any atom is 0.340 e. The lowest BCUT2D eigenvalue weighted by atomic mass is 10.0. The Kier molecular flexibility index (Phi) is 5.87. The van der Waals surface area contributed by atoms with Crippen LogP contribution in [0.2, 0.25) is 0 Å². The highest BCUT2D eigenvalue weighted by Gasteiger charge is 2.56. The number of para-hydroxylation sites is 1. The zero-order valence-electron chi connectivity index (χ0n) is 16.8. The number of carbonyl (C=O) groups is 3. The van der Waals surface area contributed by atoms with E-state index in [1.165, 1.54) is 0 Å². The van der Waals surface area contributed by atoms with Crippen molar-refractivity contribution in [2.24, 2.45) is 5.41 Å². The Morgan fingerprint density at radius 3 is 2.17 bits per heavy atom. The van der Waals surface area contributed by atoms with Crippen LogP contribution in [0.4, 0.5) is 17.1 Å². The highest BCUT2D eigenvalue weighted by atomic mass is 16.5. The van der Waals surface area contributed by atoms with Crippen molar-refractivity contribution in [1.82, 2.24) is 0 Å². The number of rotatable bonds is 7. The molecule has 0 radical (unpaired) electrons. The number of benzene rings is 2. The summed E-state index contributed by atoms with van der Waals surface area (Å²) in [5, 5.41) is 5.56. The van der Waals surface area contributed by atoms with E-state index in [1.807, 2.05) is 31.1 Å². The third kappa shape index (κ3) is 4.39. The Hall–Kier alpha value is -3.35. The molecule has 1 aliphatic carbocycles. The first-order chi connectivity index (χ1) is 13.9. The quantitative estimate of drug-likeness (QED) is 0.555. The molecule has 0 atom stereocenters. The fourth-order valence-electron chi connectivity index (χ4n) is 3.00. The van der Waals surface area contributed by atoms with Crippen LogP contribution < -0.4 is 15.5 Å². The highest BCUT2D eigenvalue weighted by Crippen LogP contribution is 2.47. The maximum absolute atomic E-state index is 12.9. The first-order valence-corrected chi connectivity index (χ1v) is 9.54. The van der Waals surface area contributed by atoms with Crippen molar-refractivity contribution in [1.29, 1.82) is 0 Å². The van der Waals surface area contributed by atoms with E-state index in [2.05, 4.69) is 10.6 Å². The van der Waals surface area contributed by atoms with Crippen LogP contribution in [-0.4, -0.2) is 38.5 Å². The molecule has 0 aromatic heterocycles. The molecule has 2 amide bonds. The Balaban J connectivity index is 1.71. The second-order valence-corrected chi connectivity index (χ2v) is 7.20. The minimum absolute atomic E-state index is 0.236. The van der Waals surface area contributed by atoms with Gasteiger partial charge < -0.3 is 20.3 Å². The molecule has 2 aromatic carbocycles. The summed E-state index contributed by atoms with van der Waals surface area (Å²) in [4.78, 5) is 39.7. The predicted octanol–water partition coefficient (Wildman–Crippen LogP) is 3.29. The Bertz CT molecular complexity index is 918. The first-order valence-electron chi connectivity index (χ1n) is 9.54. The second-order valence-electron chi connectivity index (χ2n) is 7.20. The van der Waals surface area contributed by atoms with E-state index in [-0.39, 0.29) is 18.1 Å². The fraction of sp³-hybridized carbons (Fsp3) is 0.318. The summed E-state index contributed by atoms with van der Waals surface area (Å²) in [7, 11) is 3.87. The molecule has 0 unspecified atom stereocenters. The van der Waals surface area contributed by atoms with E-state index < -0.39 is 17.3 Å². The van der Waals surface area contributed by atoms with Crippen LogP contribution in [-0.2, 0) is 14.3 Å². The Morgan fingerprint density at radius 2 is 1.59 bits per heavy atom. The second kappa shape index (κ2) is 8.34. The van der Waals surface area contributed by atoms with Gasteiger partial charge in [-0.25, -0.2) is 4.79 Å². The van der Waals surface area contributed by atoms with E-state index in [1.54, 1.807) is 43.3 Å². The van der Waals surface area contributed by atoms with Gasteiger partial charge in [-0.15, -0.1) is 0 Å². The van der Waals surface area contributed by atoms with Gasteiger partial charge in [-0.05, 0) is 56.2 Å². The third-order valence-corrected chi connectivity index (χ3v) is 4.93. The van der Waals surface area contributed by atoms with Crippen molar-refractivity contribution >= 4 is 34.8 Å². The summed E-state index contributed by atoms with van der Waals surface area (Å²) in [5.41, 5.74) is 1.12. The van der Waals surface area contributed by atoms with Crippen molar-refractivity contribution in [3.05, 3.63) is 54.1 Å². The van der Waals surface area contributed by atoms with Crippen LogP contribution in [0.25, 0.3) is 0 Å². The number of anilines is 3. The molecule has 7 nitrogen and oxygen atoms in total. The van der Waals surface area contributed by atoms with Crippen LogP contribution in [0, 0.1) is 5.41 Å². The van der Waals surface area contributed by atoms with Gasteiger partial charge in [0.05, 0.1) is 17.9 Å². The zero-order valence-corrected chi connectivity index (χ0v) is 16.8. The molecule has 0 bridgehead atoms. The normalized spacial score (nSPS) is 13.9. The molecule has 0 heterocycles. The summed E-state index contributed by atoms with van der Waals surface area (Å²) in [5.74, 6) is -1.28. The average molecular weight is 395 g/mol. The summed E-state index contributed by atoms with van der Waals surface area (Å²) < 4.78 is 5.03. The van der Waals surface area contributed by atoms with Gasteiger partial charge in [-0.3, -0.25) is 9.59 Å². The van der Waals surface area contributed by atoms with Crippen molar-refractivity contribution in [3.8, 4) is 0 Å². The van der Waals surface area contributed by atoms with E-state index in [0.29, 0.717) is 24.2 Å². The van der Waals surface area contributed by atoms with E-state index in [9.17, 15) is 14.4 Å². The lowest BCUT2D eigenvalue weighted by Crippen LogP contribution is -2.36. The minimum atomic E-state index is -1.12. The van der Waals surface area contributed by atoms with Crippen molar-refractivity contribution in [3.63, 3.8) is 0 Å². The third-order valence-electron chi connectivity index (χ3n) is 4.93. The number of amides is 2. The van der Waals surface area contributed by atoms with Crippen LogP contribution in [0.15, 0.2) is 48.5 Å². The zero-order chi connectivity index (χ0) is 21.0. The van der Waals surface area contributed by atoms with Crippen LogP contribution in [0.1, 0.15) is 30.1 Å². The lowest BCUT2D eigenvalue weighted by molar-refractivity contribution is -0.131. The number of ether oxygens (including phenoxy) is 1. The van der Waals surface area contributed by atoms with Crippen molar-refractivity contribution in [2.75, 3.05) is 36.2 Å². The number of hydrogen-bond acceptors (Lipinski definition) is 5. The highest BCUT2D eigenvalue weighted by molar-refractivity contribution is 6.17. The van der Waals surface area contributed by atoms with Gasteiger partial charge in [-0.2, -0.15) is 0 Å². The summed E-state index contributed by atoms with van der Waals surface area (Å²) in [6.07, 6.45) is 0.921. The average Bonchev–Trinajstić information content (AvgIpc) is 3.51. The molecule has 29 heavy (non-hydrogen) atoms. The number of hydrogen-bond donors (Lipinski definition) is 2. The molecular weight excluding hydrogens is 370 g/mol. The summed E-state index contributed by atoms with van der Waals surface area (Å²) >= 11 is 0. The molecule has 2 N–H and O–H groups in total. The SMILES string of the molecule is CCOC(=O)c1ccccc1NC(=O)C1(C(=O)Nc2ccc(N(C)C)cc2)CC1. The van der Waals surface area contributed by atoms with Gasteiger partial charge in [-0.1, -0.05) is 12.1 Å². The molecule has 1 fully saturated rings. The number of nitrogens with one attached hydrogen (secondary N) is 2. The fourth-order valence-corrected chi connectivity index (χ4v) is 3.00. The van der Waals surface area contributed by atoms with Crippen LogP contribution >= 0.6 is 0 Å². The van der Waals surface area contributed by atoms with Crippen LogP contribution in [0.5, 0.6) is 0 Å². The maximum atomic E-state index is 12.9. The minimum Gasteiger partial charge on any atom is -0.462 e. The summed E-state index contributed by atoms with van der Waals surface area (Å²) in [6, 6.07) is 14.0. The van der Waals surface area contributed by atoms with Gasteiger partial charge in [0, 0.05) is 25.5 Å². The van der Waals surface area contributed by atoms with E-state index in [0.717, 1.165) is 5.69 Å². The van der Waals surface area contributed by atoms with Gasteiger partial charge in [0.1, 0.15) is 5.41 Å². The van der Waals surface area contributed by atoms with Gasteiger partial charge in [0.2, 0.25) is 11.8 Å². The number of nitrogens with zero attached hydrogens (tertiary/aromatic N) is 1. The molecule has 0 spiro atoms. The van der Waals surface area contributed by atoms with E-state index >= 15 is 0 Å². The molecule has 1 aliphatic rings. The Morgan fingerprint density at radius 1 is 0.966 bits per heavy atom. The molecule has 1 saturated carbocycles. The van der Waals surface area contributed by atoms with E-state index in [4.69, 9.17) is 4.74 Å². The molecule has 152 valence electrons. The predicted molar refractivity (Wildman–Crippen MR) is 112 cm³/mol. The lowest BCUT2D eigenvalue weighted by Gasteiger charge is -2.17. The summed E-state index contributed by atoms with van der Waals surface area (Å²) in [6.45, 7) is 1.95. The Labute approximate surface area is 170 Å². The van der Waals surface area contributed by atoms with Gasteiger partial charge >= 0.3 is 5.97 Å². The van der Waals surface area contributed by atoms with Crippen molar-refractivity contribution in [2.45, 2.75) is 19.8 Å². The van der Waals surface area contributed by atoms with Gasteiger partial charge in [0.25, 0.3) is 0 Å². The molecule has 0 saturated heterocycles. The molecule has 7 heteroatoms. The molecule has 2 aromatic rings. The van der Waals surface area contributed by atoms with Crippen molar-refractivity contribution < 1.29 is 19.1 Å². The molecule has 0 aliphatic heterocycles. The first kappa shape index (κ1) is 20.4. The molecular formula is C22H25N3O4. The van der Waals surface area contributed by atoms with Gasteiger partial charge in [0.15, 0.2) is 0 Å². The number of esters is 1.